The molecule has 0 bridgehead atoms. The van der Waals surface area contributed by atoms with Crippen molar-refractivity contribution in [2.24, 2.45) is 0 Å². The molecule has 0 aliphatic heterocycles. The van der Waals surface area contributed by atoms with Crippen LogP contribution in [0.3, 0.4) is 0 Å². The lowest BCUT2D eigenvalue weighted by Crippen LogP contribution is -2.15. The lowest BCUT2D eigenvalue weighted by Gasteiger charge is -2.13. The van der Waals surface area contributed by atoms with Gasteiger partial charge in [-0.15, -0.1) is 0 Å². The zero-order chi connectivity index (χ0) is 14.5. The van der Waals surface area contributed by atoms with Gasteiger partial charge in [-0.2, -0.15) is 11.1 Å². The number of ether oxygens (including phenoxy) is 2. The van der Waals surface area contributed by atoms with Gasteiger partial charge in [-0.1, -0.05) is 25.6 Å². The highest BCUT2D eigenvalue weighted by Gasteiger charge is 2.16. The Morgan fingerprint density at radius 1 is 1.32 bits per heavy atom. The Labute approximate surface area is 120 Å². The first-order valence-electron chi connectivity index (χ1n) is 6.36. The molecule has 0 amide bonds. The van der Waals surface area contributed by atoms with Gasteiger partial charge in [0.05, 0.1) is 7.11 Å². The number of carbonyl (C=O) groups excluding carboxylic acids is 1. The maximum Gasteiger partial charge on any atom is 0.308 e. The summed E-state index contributed by atoms with van der Waals surface area (Å²) in [6.07, 6.45) is 2.03. The van der Waals surface area contributed by atoms with Crippen molar-refractivity contribution in [2.45, 2.75) is 38.9 Å². The molecule has 0 heterocycles. The maximum atomic E-state index is 11.0. The third-order valence-corrected chi connectivity index (χ3v) is 4.83. The molecule has 0 saturated carbocycles. The second-order valence-corrected chi connectivity index (χ2v) is 12.2. The molecule has 0 atom stereocenters. The minimum atomic E-state index is -1.49. The van der Waals surface area contributed by atoms with E-state index >= 15 is 0 Å². The average molecular weight is 301 g/mol. The standard InChI is InChI=1S/C14H21ClO3Si/c1-11(16)18-13-8-7-12(10-14(13)17-2)6-5-9-19(3,4)15/h7-8,10H,5-6,9H2,1-4H3. The van der Waals surface area contributed by atoms with Gasteiger partial charge in [0.2, 0.25) is 0 Å². The lowest BCUT2D eigenvalue weighted by atomic mass is 10.1. The molecule has 0 unspecified atom stereocenters. The molecule has 0 aromatic heterocycles. The number of benzene rings is 1. The van der Waals surface area contributed by atoms with Crippen LogP contribution in [0.25, 0.3) is 0 Å². The summed E-state index contributed by atoms with van der Waals surface area (Å²) < 4.78 is 10.3. The van der Waals surface area contributed by atoms with Crippen LogP contribution in [0.1, 0.15) is 18.9 Å². The number of rotatable bonds is 6. The van der Waals surface area contributed by atoms with E-state index in [2.05, 4.69) is 13.1 Å². The van der Waals surface area contributed by atoms with Crippen LogP contribution in [0.15, 0.2) is 18.2 Å². The van der Waals surface area contributed by atoms with Crippen LogP contribution in [0.5, 0.6) is 11.5 Å². The normalized spacial score (nSPS) is 11.2. The van der Waals surface area contributed by atoms with Crippen LogP contribution in [-0.2, 0) is 11.2 Å². The zero-order valence-electron chi connectivity index (χ0n) is 12.0. The number of esters is 1. The zero-order valence-corrected chi connectivity index (χ0v) is 13.7. The van der Waals surface area contributed by atoms with Gasteiger partial charge in [0, 0.05) is 6.92 Å². The van der Waals surface area contributed by atoms with Gasteiger partial charge in [-0.3, -0.25) is 4.79 Å². The van der Waals surface area contributed by atoms with Crippen molar-refractivity contribution in [2.75, 3.05) is 7.11 Å². The molecule has 5 heteroatoms. The number of hydrogen-bond acceptors (Lipinski definition) is 3. The van der Waals surface area contributed by atoms with Gasteiger partial charge in [-0.25, -0.2) is 0 Å². The summed E-state index contributed by atoms with van der Waals surface area (Å²) in [5.74, 6) is 0.710. The van der Waals surface area contributed by atoms with E-state index in [-0.39, 0.29) is 5.97 Å². The second-order valence-electron chi connectivity index (χ2n) is 5.15. The third-order valence-electron chi connectivity index (χ3n) is 2.72. The Kier molecular flexibility index (Phi) is 5.88. The Morgan fingerprint density at radius 3 is 2.53 bits per heavy atom. The molecule has 0 saturated heterocycles. The van der Waals surface area contributed by atoms with E-state index < -0.39 is 7.38 Å². The first kappa shape index (κ1) is 16.1. The highest BCUT2D eigenvalue weighted by Crippen LogP contribution is 2.29. The summed E-state index contributed by atoms with van der Waals surface area (Å²) >= 11 is 6.30. The molecule has 106 valence electrons. The van der Waals surface area contributed by atoms with E-state index in [9.17, 15) is 4.79 Å². The van der Waals surface area contributed by atoms with E-state index in [0.29, 0.717) is 11.5 Å². The maximum absolute atomic E-state index is 11.0. The molecule has 0 aliphatic carbocycles. The minimum absolute atomic E-state index is 0.346. The highest BCUT2D eigenvalue weighted by atomic mass is 35.6. The lowest BCUT2D eigenvalue weighted by molar-refractivity contribution is -0.132. The summed E-state index contributed by atoms with van der Waals surface area (Å²) in [7, 11) is 0.0763. The number of carbonyl (C=O) groups is 1. The van der Waals surface area contributed by atoms with Gasteiger partial charge in [0.1, 0.15) is 0 Å². The van der Waals surface area contributed by atoms with E-state index in [0.717, 1.165) is 18.9 Å². The molecule has 3 nitrogen and oxygen atoms in total. The van der Waals surface area contributed by atoms with E-state index in [1.807, 2.05) is 12.1 Å². The van der Waals surface area contributed by atoms with E-state index in [4.69, 9.17) is 20.6 Å². The number of halogens is 1. The Morgan fingerprint density at radius 2 is 2.00 bits per heavy atom. The van der Waals surface area contributed by atoms with Crippen molar-refractivity contribution < 1.29 is 14.3 Å². The van der Waals surface area contributed by atoms with Crippen molar-refractivity contribution >= 4 is 24.4 Å². The smallest absolute Gasteiger partial charge is 0.308 e. The summed E-state index contributed by atoms with van der Waals surface area (Å²) in [6, 6.07) is 6.74. The molecule has 0 fully saturated rings. The Hall–Kier alpha value is -1.00. The molecular formula is C14H21ClO3Si. The summed E-state index contributed by atoms with van der Waals surface area (Å²) in [6.45, 7) is 5.68. The Bertz CT molecular complexity index is 441. The van der Waals surface area contributed by atoms with Crippen molar-refractivity contribution in [3.63, 3.8) is 0 Å². The second kappa shape index (κ2) is 6.96. The first-order valence-corrected chi connectivity index (χ1v) is 10.6. The minimum Gasteiger partial charge on any atom is -0.493 e. The van der Waals surface area contributed by atoms with Gasteiger partial charge >= 0.3 is 5.97 Å². The SMILES string of the molecule is COc1cc(CCC[Si](C)(C)Cl)ccc1OC(C)=O. The first-order chi connectivity index (χ1) is 8.81. The van der Waals surface area contributed by atoms with Crippen molar-refractivity contribution in [1.82, 2.24) is 0 Å². The monoisotopic (exact) mass is 300 g/mol. The average Bonchev–Trinajstić information content (AvgIpc) is 2.28. The fraction of sp³-hybridized carbons (Fsp3) is 0.500. The summed E-state index contributed by atoms with van der Waals surface area (Å²) in [4.78, 5) is 11.0. The Balaban J connectivity index is 2.68. The van der Waals surface area contributed by atoms with Crippen LogP contribution in [0, 0.1) is 0 Å². The van der Waals surface area contributed by atoms with Gasteiger partial charge < -0.3 is 9.47 Å². The summed E-state index contributed by atoms with van der Waals surface area (Å²) in [5.41, 5.74) is 1.17. The third kappa shape index (κ3) is 6.12. The van der Waals surface area contributed by atoms with E-state index in [1.54, 1.807) is 13.2 Å². The van der Waals surface area contributed by atoms with Crippen LogP contribution in [0.4, 0.5) is 0 Å². The van der Waals surface area contributed by atoms with Crippen molar-refractivity contribution in [1.29, 1.82) is 0 Å². The van der Waals surface area contributed by atoms with Crippen LogP contribution < -0.4 is 9.47 Å². The van der Waals surface area contributed by atoms with Crippen molar-refractivity contribution in [3.8, 4) is 11.5 Å². The van der Waals surface area contributed by atoms with Crippen LogP contribution >= 0.6 is 11.1 Å². The molecule has 0 N–H and O–H groups in total. The topological polar surface area (TPSA) is 35.5 Å². The largest absolute Gasteiger partial charge is 0.493 e. The number of methoxy groups -OCH3 is 1. The molecule has 19 heavy (non-hydrogen) atoms. The van der Waals surface area contributed by atoms with Gasteiger partial charge in [0.25, 0.3) is 0 Å². The molecule has 1 rings (SSSR count). The summed E-state index contributed by atoms with van der Waals surface area (Å²) in [5, 5.41) is 0. The van der Waals surface area contributed by atoms with Crippen molar-refractivity contribution in [3.05, 3.63) is 23.8 Å². The van der Waals surface area contributed by atoms with Crippen LogP contribution in [-0.4, -0.2) is 20.5 Å². The molecule has 0 radical (unpaired) electrons. The predicted octanol–water partition coefficient (Wildman–Crippen LogP) is 4.00. The molecular weight excluding hydrogens is 280 g/mol. The van der Waals surface area contributed by atoms with Gasteiger partial charge in [-0.05, 0) is 30.2 Å². The highest BCUT2D eigenvalue weighted by molar-refractivity contribution is 7.19. The quantitative estimate of drug-likeness (QED) is 0.345. The predicted molar refractivity (Wildman–Crippen MR) is 80.8 cm³/mol. The molecule has 0 aliphatic rings. The van der Waals surface area contributed by atoms with E-state index in [1.165, 1.54) is 12.5 Å². The molecule has 1 aromatic rings. The fourth-order valence-electron chi connectivity index (χ4n) is 1.82. The van der Waals surface area contributed by atoms with Gasteiger partial charge in [0.15, 0.2) is 18.9 Å². The van der Waals surface area contributed by atoms with Crippen LogP contribution in [0.2, 0.25) is 19.1 Å². The molecule has 1 aromatic carbocycles. The number of aryl methyl sites for hydroxylation is 1. The molecule has 0 spiro atoms. The number of hydrogen-bond donors (Lipinski definition) is 0. The fourth-order valence-corrected chi connectivity index (χ4v) is 3.24.